The summed E-state index contributed by atoms with van der Waals surface area (Å²) in [5, 5.41) is 13.9. The molecular formula is C63H117N2O6P. The van der Waals surface area contributed by atoms with Crippen LogP contribution in [0.3, 0.4) is 0 Å². The van der Waals surface area contributed by atoms with E-state index in [9.17, 15) is 19.4 Å². The molecule has 9 heteroatoms. The first-order valence-corrected chi connectivity index (χ1v) is 31.8. The zero-order valence-electron chi connectivity index (χ0n) is 47.9. The van der Waals surface area contributed by atoms with Gasteiger partial charge in [0.15, 0.2) is 0 Å². The number of aliphatic hydroxyl groups is 1. The number of allylic oxidation sites excluding steroid dienone is 11. The number of aliphatic hydroxyl groups excluding tert-OH is 1. The normalized spacial score (nSPS) is 14.4. The molecule has 3 atom stereocenters. The van der Waals surface area contributed by atoms with Crippen LogP contribution in [0.5, 0.6) is 0 Å². The van der Waals surface area contributed by atoms with Crippen molar-refractivity contribution in [1.82, 2.24) is 5.32 Å². The van der Waals surface area contributed by atoms with Crippen molar-refractivity contribution in [3.63, 3.8) is 0 Å². The third-order valence-corrected chi connectivity index (χ3v) is 14.4. The summed E-state index contributed by atoms with van der Waals surface area (Å²) in [7, 11) is 1.24. The molecule has 0 spiro atoms. The van der Waals surface area contributed by atoms with Gasteiger partial charge in [0, 0.05) is 6.42 Å². The van der Waals surface area contributed by atoms with Gasteiger partial charge in [-0.1, -0.05) is 273 Å². The zero-order chi connectivity index (χ0) is 52.7. The van der Waals surface area contributed by atoms with E-state index >= 15 is 0 Å². The third-order valence-electron chi connectivity index (χ3n) is 13.4. The van der Waals surface area contributed by atoms with Crippen LogP contribution in [-0.2, 0) is 18.4 Å². The Morgan fingerprint density at radius 1 is 0.500 bits per heavy atom. The minimum atomic E-state index is -4.61. The van der Waals surface area contributed by atoms with Gasteiger partial charge >= 0.3 is 0 Å². The molecule has 0 saturated heterocycles. The maximum atomic E-state index is 13.0. The lowest BCUT2D eigenvalue weighted by molar-refractivity contribution is -0.870. The van der Waals surface area contributed by atoms with Crippen molar-refractivity contribution in [3.8, 4) is 0 Å². The zero-order valence-corrected chi connectivity index (χ0v) is 48.8. The molecule has 0 rings (SSSR count). The molecule has 0 heterocycles. The Hall–Kier alpha value is -2.06. The predicted molar refractivity (Wildman–Crippen MR) is 311 cm³/mol. The van der Waals surface area contributed by atoms with Gasteiger partial charge in [-0.15, -0.1) is 0 Å². The number of amides is 1. The van der Waals surface area contributed by atoms with Gasteiger partial charge in [0.1, 0.15) is 13.2 Å². The highest BCUT2D eigenvalue weighted by molar-refractivity contribution is 7.45. The Balaban J connectivity index is 4.20. The average molecular weight is 1030 g/mol. The lowest BCUT2D eigenvalue weighted by Crippen LogP contribution is -2.45. The second-order valence-corrected chi connectivity index (χ2v) is 23.1. The van der Waals surface area contributed by atoms with Crippen LogP contribution >= 0.6 is 7.82 Å². The van der Waals surface area contributed by atoms with Gasteiger partial charge in [0.25, 0.3) is 7.82 Å². The standard InChI is InChI=1S/C63H117N2O6P/c1-6-8-10-12-14-16-18-20-22-24-26-28-29-30-31-32-33-34-35-37-38-40-42-44-46-48-50-52-54-56-62(66)61(60-71-72(68,69)70-59-58-65(3,4)5)64-63(67)57-55-53-51-49-47-45-43-41-39-36-27-25-23-21-19-17-15-13-11-9-7-2/h9,11,15,17,21,23,27,36,41,43,54,56,61-62,66H,6-8,10,12-14,16,18-20,22,24-26,28-35,37-40,42,44-53,55,57-60H2,1-5H3,(H-,64,67,68,69)/b11-9-,17-15-,23-21-,36-27-,43-41-,56-54+. The van der Waals surface area contributed by atoms with Gasteiger partial charge < -0.3 is 28.8 Å². The predicted octanol–water partition coefficient (Wildman–Crippen LogP) is 18.0. The molecule has 8 nitrogen and oxygen atoms in total. The van der Waals surface area contributed by atoms with Crippen LogP contribution in [0.15, 0.2) is 72.9 Å². The van der Waals surface area contributed by atoms with Gasteiger partial charge in [-0.05, 0) is 64.2 Å². The summed E-state index contributed by atoms with van der Waals surface area (Å²) < 4.78 is 23.4. The largest absolute Gasteiger partial charge is 0.756 e. The average Bonchev–Trinajstić information content (AvgIpc) is 3.34. The number of hydrogen-bond donors (Lipinski definition) is 2. The summed E-state index contributed by atoms with van der Waals surface area (Å²) in [6, 6.07) is -0.903. The van der Waals surface area contributed by atoms with E-state index in [1.165, 1.54) is 161 Å². The molecule has 0 aliphatic carbocycles. The van der Waals surface area contributed by atoms with Crippen LogP contribution < -0.4 is 10.2 Å². The molecule has 0 aromatic rings. The Morgan fingerprint density at radius 3 is 1.24 bits per heavy atom. The first kappa shape index (κ1) is 69.9. The summed E-state index contributed by atoms with van der Waals surface area (Å²) in [5.41, 5.74) is 0. The molecular weight excluding hydrogens is 912 g/mol. The highest BCUT2D eigenvalue weighted by Crippen LogP contribution is 2.38. The molecule has 0 fully saturated rings. The van der Waals surface area contributed by atoms with Crippen molar-refractivity contribution in [2.24, 2.45) is 0 Å². The maximum Gasteiger partial charge on any atom is 0.268 e. The van der Waals surface area contributed by atoms with Crippen molar-refractivity contribution in [1.29, 1.82) is 0 Å². The van der Waals surface area contributed by atoms with Gasteiger partial charge in [0.2, 0.25) is 5.91 Å². The van der Waals surface area contributed by atoms with Gasteiger partial charge in [-0.25, -0.2) is 0 Å². The van der Waals surface area contributed by atoms with E-state index in [2.05, 4.69) is 79.9 Å². The molecule has 1 amide bonds. The molecule has 0 bridgehead atoms. The fourth-order valence-electron chi connectivity index (χ4n) is 8.71. The second-order valence-electron chi connectivity index (χ2n) is 21.7. The quantitative estimate of drug-likeness (QED) is 0.0272. The number of likely N-dealkylation sites (N-methyl/N-ethyl adjacent to an activating group) is 1. The van der Waals surface area contributed by atoms with Gasteiger partial charge in [-0.2, -0.15) is 0 Å². The van der Waals surface area contributed by atoms with E-state index in [1.807, 2.05) is 27.2 Å². The fourth-order valence-corrected chi connectivity index (χ4v) is 9.43. The van der Waals surface area contributed by atoms with Crippen LogP contribution in [0.2, 0.25) is 0 Å². The molecule has 0 radical (unpaired) electrons. The number of nitrogens with one attached hydrogen (secondary N) is 1. The van der Waals surface area contributed by atoms with Crippen LogP contribution in [-0.4, -0.2) is 68.5 Å². The summed E-state index contributed by atoms with van der Waals surface area (Å²) in [5.74, 6) is -0.216. The van der Waals surface area contributed by atoms with Crippen LogP contribution in [0.1, 0.15) is 271 Å². The van der Waals surface area contributed by atoms with E-state index in [4.69, 9.17) is 9.05 Å². The van der Waals surface area contributed by atoms with E-state index in [0.717, 1.165) is 89.9 Å². The molecule has 0 aromatic carbocycles. The third kappa shape index (κ3) is 55.7. The first-order valence-electron chi connectivity index (χ1n) is 30.3. The van der Waals surface area contributed by atoms with Crippen LogP contribution in [0.4, 0.5) is 0 Å². The van der Waals surface area contributed by atoms with Crippen LogP contribution in [0.25, 0.3) is 0 Å². The number of unbranched alkanes of at least 4 members (excludes halogenated alkanes) is 32. The van der Waals surface area contributed by atoms with Crippen LogP contribution in [0, 0.1) is 0 Å². The molecule has 0 aromatic heterocycles. The summed E-state index contributed by atoms with van der Waals surface area (Å²) >= 11 is 0. The van der Waals surface area contributed by atoms with Crippen molar-refractivity contribution in [3.05, 3.63) is 72.9 Å². The number of hydrogen-bond acceptors (Lipinski definition) is 6. The molecule has 0 saturated carbocycles. The second kappa shape index (κ2) is 53.8. The van der Waals surface area contributed by atoms with E-state index in [0.29, 0.717) is 17.4 Å². The number of nitrogens with zero attached hydrogens (tertiary/aromatic N) is 1. The number of rotatable bonds is 55. The van der Waals surface area contributed by atoms with E-state index in [1.54, 1.807) is 6.08 Å². The minimum absolute atomic E-state index is 0.00820. The fraction of sp³-hybridized carbons (Fsp3) is 0.794. The Morgan fingerprint density at radius 2 is 0.847 bits per heavy atom. The first-order chi connectivity index (χ1) is 35.0. The number of quaternary nitrogens is 1. The molecule has 0 aliphatic rings. The molecule has 3 unspecified atom stereocenters. The van der Waals surface area contributed by atoms with Crippen molar-refractivity contribution >= 4 is 13.7 Å². The smallest absolute Gasteiger partial charge is 0.268 e. The highest BCUT2D eigenvalue weighted by Gasteiger charge is 2.23. The van der Waals surface area contributed by atoms with Gasteiger partial charge in [0.05, 0.1) is 39.9 Å². The summed E-state index contributed by atoms with van der Waals surface area (Å²) in [4.78, 5) is 25.5. The minimum Gasteiger partial charge on any atom is -0.756 e. The Kier molecular flexibility index (Phi) is 52.2. The topological polar surface area (TPSA) is 108 Å². The Labute approximate surface area is 446 Å². The molecule has 2 N–H and O–H groups in total. The molecule has 0 aliphatic heterocycles. The summed E-state index contributed by atoms with van der Waals surface area (Å²) in [6.45, 7) is 4.54. The maximum absolute atomic E-state index is 13.0. The Bertz CT molecular complexity index is 1400. The number of phosphoric ester groups is 1. The number of carbonyl (C=O) groups is 1. The van der Waals surface area contributed by atoms with Crippen molar-refractivity contribution in [2.75, 3.05) is 40.9 Å². The lowest BCUT2D eigenvalue weighted by Gasteiger charge is -2.29. The monoisotopic (exact) mass is 1030 g/mol. The van der Waals surface area contributed by atoms with Gasteiger partial charge in [-0.3, -0.25) is 9.36 Å². The number of phosphoric acid groups is 1. The number of carbonyl (C=O) groups excluding carboxylic acids is 1. The highest BCUT2D eigenvalue weighted by atomic mass is 31.2. The SMILES string of the molecule is CC/C=C\C/C=C\C/C=C\C/C=C\C/C=C\CCCCCCCC(=O)NC(COP(=O)([O-])OCC[N+](C)(C)C)C(O)/C=C/CCCCCCCCCCCCCCCCCCCCCCCCCCCCC. The van der Waals surface area contributed by atoms with Crippen molar-refractivity contribution < 1.29 is 32.9 Å². The summed E-state index contributed by atoms with van der Waals surface area (Å²) in [6.07, 6.45) is 74.2. The lowest BCUT2D eigenvalue weighted by atomic mass is 10.0. The molecule has 72 heavy (non-hydrogen) atoms. The molecule has 420 valence electrons. The van der Waals surface area contributed by atoms with Crippen molar-refractivity contribution in [2.45, 2.75) is 283 Å². The van der Waals surface area contributed by atoms with E-state index in [-0.39, 0.29) is 12.5 Å². The van der Waals surface area contributed by atoms with E-state index < -0.39 is 26.6 Å².